The van der Waals surface area contributed by atoms with Gasteiger partial charge in [-0.25, -0.2) is 29.4 Å². The van der Waals surface area contributed by atoms with E-state index in [4.69, 9.17) is 44.2 Å². The molecule has 3 N–H and O–H groups in total. The van der Waals surface area contributed by atoms with Gasteiger partial charge in [-0.15, -0.1) is 15.2 Å². The van der Waals surface area contributed by atoms with Crippen LogP contribution in [0.2, 0.25) is 0 Å². The topological polar surface area (TPSA) is 333 Å². The summed E-state index contributed by atoms with van der Waals surface area (Å²) in [6.07, 6.45) is 4.55. The van der Waals surface area contributed by atoms with Crippen molar-refractivity contribution in [3.05, 3.63) is 228 Å². The van der Waals surface area contributed by atoms with E-state index in [0.717, 1.165) is 49.9 Å². The molecular weight excluding hydrogens is 1720 g/mol. The highest BCUT2D eigenvalue weighted by atomic mass is 16.7. The largest absolute Gasteiger partial charge is 0.456 e. The molecule has 0 aromatic heterocycles. The van der Waals surface area contributed by atoms with Crippen LogP contribution in [-0.4, -0.2) is 161 Å². The van der Waals surface area contributed by atoms with E-state index >= 15 is 0 Å². The zero-order valence-corrected chi connectivity index (χ0v) is 78.9. The number of nitrogens with zero attached hydrogens (tertiary/aromatic N) is 6. The summed E-state index contributed by atoms with van der Waals surface area (Å²) in [5, 5.41) is 5.33. The maximum atomic E-state index is 14.3. The molecule has 0 radical (unpaired) electrons. The molecule has 0 spiro atoms. The monoisotopic (exact) mass is 1860 g/mol. The first-order chi connectivity index (χ1) is 69.8. The molecular formula is C109H124N9O18+3. The van der Waals surface area contributed by atoms with Crippen molar-refractivity contribution in [2.24, 2.45) is 0 Å². The highest BCUT2D eigenvalue weighted by Crippen LogP contribution is 2.47. The second-order valence-corrected chi connectivity index (χ2v) is 34.2. The van der Waals surface area contributed by atoms with Crippen LogP contribution in [0.3, 0.4) is 0 Å². The molecule has 9 amide bonds. The number of fused-ring (bicyclic) bond motifs is 6. The Kier molecular flexibility index (Phi) is 28.1. The first kappa shape index (κ1) is 84.6. The second kappa shape index (κ2) is 45.1. The first-order valence-electron chi connectivity index (χ1n) is 51.7. The lowest BCUT2D eigenvalue weighted by atomic mass is 9.88. The maximum absolute atomic E-state index is 14.3. The molecule has 15 rings (SSSR count). The highest BCUT2D eigenvalue weighted by molar-refractivity contribution is 6.13. The summed E-state index contributed by atoms with van der Waals surface area (Å²) in [6, 6.07) is 19.2. The number of hydrogen-bond donors (Lipinski definition) is 3. The number of aryl methyl sites for hydroxylation is 7. The zero-order chi connectivity index (χ0) is 107. The van der Waals surface area contributed by atoms with Crippen LogP contribution in [0.5, 0.6) is 0 Å². The van der Waals surface area contributed by atoms with E-state index in [0.29, 0.717) is 193 Å². The van der Waals surface area contributed by atoms with Crippen molar-refractivity contribution < 1.29 is 117 Å². The summed E-state index contributed by atoms with van der Waals surface area (Å²) >= 11 is 0. The van der Waals surface area contributed by atoms with E-state index in [2.05, 4.69) is 15.0 Å². The van der Waals surface area contributed by atoms with Gasteiger partial charge in [0.25, 0.3) is 53.2 Å². The molecule has 3 fully saturated rings. The fourth-order valence-corrected chi connectivity index (χ4v) is 16.4. The number of benzene rings is 9. The SMILES string of the molecule is C.[2H]c1c([2H])c([2H])c(-c2c3cc(C)c(=[NH+]CC)c([2H])c-3oc3c([2H])c(C)c(C)cc23)c(C(=O)N(C)CCCCCC(=O)ON2C(=O)CCC2=O)c1[2H].[2H]c1c([2H])c([2H])c(-c2c3cc(C)c(=[NH+]CC)cc-3oc3cc(C)c(C)cc23)c(C(=O)N(C)CCCCCC(=O)ON2C(=O)CCC2=O)c1[2H].[2H]c1c2oc3c([2H])c(C)c(C)cc3c(-c3ccccc3C(=O)N(C)CCCCCC(=O)ON3C(=O)CCC3=O)c-2cc(C)c1=[NH+]CC. The van der Waals surface area contributed by atoms with Crippen LogP contribution in [0, 0.1) is 62.3 Å². The molecule has 27 heteroatoms. The minimum Gasteiger partial charge on any atom is -0.456 e. The van der Waals surface area contributed by atoms with Gasteiger partial charge in [0.2, 0.25) is 16.1 Å². The van der Waals surface area contributed by atoms with Crippen LogP contribution in [0.4, 0.5) is 0 Å². The van der Waals surface area contributed by atoms with Gasteiger partial charge in [-0.3, -0.25) is 43.2 Å². The summed E-state index contributed by atoms with van der Waals surface area (Å²) < 4.78 is 125. The van der Waals surface area contributed by atoms with Crippen molar-refractivity contribution in [1.29, 1.82) is 0 Å². The molecule has 0 unspecified atom stereocenters. The van der Waals surface area contributed by atoms with Crippen LogP contribution in [0.15, 0.2) is 159 Å². The van der Waals surface area contributed by atoms with E-state index in [1.54, 1.807) is 44.1 Å². The van der Waals surface area contributed by atoms with Gasteiger partial charge < -0.3 is 42.5 Å². The van der Waals surface area contributed by atoms with E-state index in [9.17, 15) is 57.5 Å². The van der Waals surface area contributed by atoms with Crippen molar-refractivity contribution >= 4 is 104 Å². The van der Waals surface area contributed by atoms with Crippen LogP contribution in [-0.2, 0) is 57.7 Å². The molecule has 6 aromatic carbocycles. The third kappa shape index (κ3) is 23.0. The lowest BCUT2D eigenvalue weighted by Crippen LogP contribution is -2.76. The van der Waals surface area contributed by atoms with Gasteiger partial charge in [-0.05, 0) is 244 Å². The van der Waals surface area contributed by atoms with Gasteiger partial charge in [0.05, 0.1) is 34.6 Å². The smallest absolute Gasteiger partial charge is 0.333 e. The normalized spacial score (nSPS) is 14.8. The van der Waals surface area contributed by atoms with E-state index in [-0.39, 0.29) is 154 Å². The summed E-state index contributed by atoms with van der Waals surface area (Å²) in [5.74, 6) is -5.71. The standard InChI is InChI=1S/3C36H39N3O6.CH4/c3*1-6-37-29-21-31-28(19-24(29)4)35(27-18-22(2)23(3)20-30(27)44-31)25-12-9-10-13-26(25)36(43)38(5)17-11-7-8-14-34(42)45-39-32(40)15-16-33(39)41;/h3*9-10,12-13,18-21H,6-8,11,14-17H2,1-5H3;1H4/p+3/i9D,10D,12D,13D,20D,21D;9D,10D,12D,13D;20D,21D;. The average Bonchev–Trinajstić information content (AvgIpc) is 0.994. The number of amides is 9. The Hall–Kier alpha value is -14.4. The van der Waals surface area contributed by atoms with Crippen molar-refractivity contribution in [2.75, 3.05) is 60.4 Å². The lowest BCUT2D eigenvalue weighted by molar-refractivity contribution is -0.496. The summed E-state index contributed by atoms with van der Waals surface area (Å²) in [4.78, 5) is 178. The lowest BCUT2D eigenvalue weighted by Gasteiger charge is -2.22. The van der Waals surface area contributed by atoms with E-state index < -0.39 is 107 Å². The van der Waals surface area contributed by atoms with Gasteiger partial charge in [0.15, 0.2) is 0 Å². The highest BCUT2D eigenvalue weighted by Gasteiger charge is 2.37. The molecule has 6 aliphatic heterocycles. The fraction of sp³-hybridized carbons (Fsp3) is 0.367. The molecule has 0 atom stereocenters. The van der Waals surface area contributed by atoms with Crippen molar-refractivity contribution in [3.63, 3.8) is 0 Å². The summed E-state index contributed by atoms with van der Waals surface area (Å²) in [7, 11) is 4.83. The third-order valence-corrected chi connectivity index (χ3v) is 24.2. The molecule has 136 heavy (non-hydrogen) atoms. The Bertz CT molecular complexity index is 7510. The molecule has 27 nitrogen and oxygen atoms in total. The molecule has 710 valence electrons. The Morgan fingerprint density at radius 3 is 1.05 bits per heavy atom. The van der Waals surface area contributed by atoms with E-state index in [1.807, 2.05) is 131 Å². The maximum Gasteiger partial charge on any atom is 0.333 e. The Labute approximate surface area is 809 Å². The quantitative estimate of drug-likeness (QED) is 0.0214. The van der Waals surface area contributed by atoms with Crippen LogP contribution >= 0.6 is 0 Å². The number of rotatable bonds is 30. The minimum atomic E-state index is -0.716. The number of unbranched alkanes of at least 4 members (excludes halogenated alkanes) is 6. The van der Waals surface area contributed by atoms with Gasteiger partial charge in [0.1, 0.15) is 53.7 Å². The van der Waals surface area contributed by atoms with Gasteiger partial charge in [-0.2, -0.15) is 0 Å². The van der Waals surface area contributed by atoms with Gasteiger partial charge in [0, 0.05) is 181 Å². The van der Waals surface area contributed by atoms with Crippen molar-refractivity contribution in [1.82, 2.24) is 29.9 Å². The van der Waals surface area contributed by atoms with Crippen LogP contribution in [0.1, 0.15) is 241 Å². The Morgan fingerprint density at radius 1 is 0.346 bits per heavy atom. The molecule has 6 heterocycles. The summed E-state index contributed by atoms with van der Waals surface area (Å²) in [5.41, 5.74) is 12.5. The number of carbonyl (C=O) groups is 12. The Morgan fingerprint density at radius 2 is 0.662 bits per heavy atom. The second-order valence-electron chi connectivity index (χ2n) is 34.2. The predicted molar refractivity (Wildman–Crippen MR) is 516 cm³/mol. The van der Waals surface area contributed by atoms with Crippen LogP contribution < -0.4 is 31.0 Å². The van der Waals surface area contributed by atoms with Gasteiger partial charge in [-0.1, -0.05) is 81.1 Å². The number of hydrogen-bond acceptors (Lipinski definition) is 18. The number of nitrogens with one attached hydrogen (secondary N) is 3. The molecule has 3 aliphatic carbocycles. The minimum absolute atomic E-state index is 0. The fourth-order valence-electron chi connectivity index (χ4n) is 16.4. The third-order valence-electron chi connectivity index (χ3n) is 24.2. The number of hydroxylamine groups is 6. The number of imide groups is 3. The molecule has 3 saturated heterocycles. The molecule has 0 saturated carbocycles. The average molecular weight is 1860 g/mol. The Balaban J connectivity index is 0.000000197. The van der Waals surface area contributed by atoms with Gasteiger partial charge >= 0.3 is 17.9 Å². The molecule has 9 aliphatic rings. The first-order valence-corrected chi connectivity index (χ1v) is 45.7. The molecule has 0 bridgehead atoms. The van der Waals surface area contributed by atoms with Crippen molar-refractivity contribution in [3.8, 4) is 67.4 Å². The predicted octanol–water partition coefficient (Wildman–Crippen LogP) is 13.7. The molecule has 6 aromatic rings. The van der Waals surface area contributed by atoms with E-state index in [1.165, 1.54) is 16.8 Å². The summed E-state index contributed by atoms with van der Waals surface area (Å²) in [6.45, 7) is 25.6. The van der Waals surface area contributed by atoms with Crippen molar-refractivity contribution in [2.45, 2.75) is 206 Å². The van der Waals surface area contributed by atoms with Crippen LogP contribution in [0.25, 0.3) is 100 Å². The number of carbonyl (C=O) groups excluding carboxylic acids is 12. The zero-order valence-electron chi connectivity index (χ0n) is 90.9.